The van der Waals surface area contributed by atoms with Crippen molar-refractivity contribution in [1.82, 2.24) is 10.2 Å². The van der Waals surface area contributed by atoms with Crippen molar-refractivity contribution in [2.24, 2.45) is 0 Å². The molecule has 5 nitrogen and oxygen atoms in total. The fraction of sp³-hybridized carbons (Fsp3) is 0.929. The number of carbonyl (C=O) groups excluding carboxylic acids is 1. The molecule has 0 aromatic carbocycles. The molecule has 3 atom stereocenters. The summed E-state index contributed by atoms with van der Waals surface area (Å²) in [5.41, 5.74) is 0. The Morgan fingerprint density at radius 3 is 2.50 bits per heavy atom. The predicted octanol–water partition coefficient (Wildman–Crippen LogP) is 1.29. The zero-order valence-corrected chi connectivity index (χ0v) is 13.3. The number of hydrogen-bond donors (Lipinski definition) is 1. The molecule has 0 aromatic heterocycles. The van der Waals surface area contributed by atoms with Crippen molar-refractivity contribution >= 4 is 15.7 Å². The molecule has 2 rings (SSSR count). The molecule has 1 N–H and O–H groups in total. The Morgan fingerprint density at radius 2 is 1.95 bits per heavy atom. The van der Waals surface area contributed by atoms with Crippen LogP contribution in [0, 0.1) is 0 Å². The van der Waals surface area contributed by atoms with E-state index < -0.39 is 9.84 Å². The monoisotopic (exact) mass is 302 g/mol. The standard InChI is InChI=1S/C14H26N2O3S/c1-3-6-12-14(17)16(13(15-12)7-4-2)10-11-8-5-9-20(11,18)19/h11-13,15H,3-10H2,1-2H3. The Labute approximate surface area is 122 Å². The third-order valence-corrected chi connectivity index (χ3v) is 6.61. The van der Waals surface area contributed by atoms with E-state index in [2.05, 4.69) is 19.2 Å². The van der Waals surface area contributed by atoms with Gasteiger partial charge in [-0.3, -0.25) is 10.1 Å². The Kier molecular flexibility index (Phi) is 5.07. The molecule has 2 saturated heterocycles. The quantitative estimate of drug-likeness (QED) is 0.803. The lowest BCUT2D eigenvalue weighted by molar-refractivity contribution is -0.130. The molecular formula is C14H26N2O3S. The van der Waals surface area contributed by atoms with E-state index in [1.807, 2.05) is 0 Å². The number of hydrogen-bond acceptors (Lipinski definition) is 4. The molecule has 2 aliphatic heterocycles. The number of carbonyl (C=O) groups is 1. The molecular weight excluding hydrogens is 276 g/mol. The summed E-state index contributed by atoms with van der Waals surface area (Å²) in [6.07, 6.45) is 5.10. The highest BCUT2D eigenvalue weighted by molar-refractivity contribution is 7.92. The van der Waals surface area contributed by atoms with E-state index in [1.54, 1.807) is 4.90 Å². The first-order chi connectivity index (χ1) is 9.49. The maximum Gasteiger partial charge on any atom is 0.241 e. The third kappa shape index (κ3) is 3.17. The van der Waals surface area contributed by atoms with Gasteiger partial charge in [0, 0.05) is 6.54 Å². The van der Waals surface area contributed by atoms with E-state index in [1.165, 1.54) is 0 Å². The fourth-order valence-corrected chi connectivity index (χ4v) is 5.07. The molecule has 6 heteroatoms. The van der Waals surface area contributed by atoms with Gasteiger partial charge in [-0.1, -0.05) is 26.7 Å². The Bertz CT molecular complexity index is 449. The fourth-order valence-electron chi connectivity index (χ4n) is 3.26. The van der Waals surface area contributed by atoms with Gasteiger partial charge in [-0.2, -0.15) is 0 Å². The lowest BCUT2D eigenvalue weighted by Gasteiger charge is -2.26. The van der Waals surface area contributed by atoms with Crippen molar-refractivity contribution in [3.05, 3.63) is 0 Å². The second-order valence-corrected chi connectivity index (χ2v) is 8.33. The van der Waals surface area contributed by atoms with Crippen LogP contribution in [0.25, 0.3) is 0 Å². The third-order valence-electron chi connectivity index (χ3n) is 4.35. The highest BCUT2D eigenvalue weighted by Crippen LogP contribution is 2.25. The zero-order chi connectivity index (χ0) is 14.8. The SMILES string of the molecule is CCCC1NC(CCC)N(CC2CCCS2(=O)=O)C1=O. The molecule has 2 heterocycles. The van der Waals surface area contributed by atoms with E-state index >= 15 is 0 Å². The largest absolute Gasteiger partial charge is 0.324 e. The second-order valence-electron chi connectivity index (χ2n) is 5.93. The van der Waals surface area contributed by atoms with Crippen molar-refractivity contribution in [1.29, 1.82) is 0 Å². The smallest absolute Gasteiger partial charge is 0.241 e. The predicted molar refractivity (Wildman–Crippen MR) is 79.0 cm³/mol. The van der Waals surface area contributed by atoms with Crippen molar-refractivity contribution in [2.75, 3.05) is 12.3 Å². The van der Waals surface area contributed by atoms with Crippen LogP contribution in [0.3, 0.4) is 0 Å². The highest BCUT2D eigenvalue weighted by atomic mass is 32.2. The van der Waals surface area contributed by atoms with Gasteiger partial charge in [0.15, 0.2) is 9.84 Å². The van der Waals surface area contributed by atoms with E-state index in [0.29, 0.717) is 13.0 Å². The minimum atomic E-state index is -2.99. The minimum absolute atomic E-state index is 0.0137. The first-order valence-electron chi connectivity index (χ1n) is 7.77. The second kappa shape index (κ2) is 6.43. The van der Waals surface area contributed by atoms with E-state index in [0.717, 1.165) is 32.1 Å². The average Bonchev–Trinajstić information content (AvgIpc) is 2.86. The van der Waals surface area contributed by atoms with Gasteiger partial charge in [-0.25, -0.2) is 8.42 Å². The normalized spacial score (nSPS) is 33.0. The van der Waals surface area contributed by atoms with Crippen LogP contribution in [-0.4, -0.2) is 49.0 Å². The molecule has 0 saturated carbocycles. The summed E-state index contributed by atoms with van der Waals surface area (Å²) in [5.74, 6) is 0.372. The molecule has 1 amide bonds. The van der Waals surface area contributed by atoms with Crippen LogP contribution in [-0.2, 0) is 14.6 Å². The number of nitrogens with zero attached hydrogens (tertiary/aromatic N) is 1. The molecule has 116 valence electrons. The topological polar surface area (TPSA) is 66.5 Å². The van der Waals surface area contributed by atoms with Gasteiger partial charge in [-0.15, -0.1) is 0 Å². The van der Waals surface area contributed by atoms with Crippen molar-refractivity contribution in [2.45, 2.75) is 69.8 Å². The van der Waals surface area contributed by atoms with Gasteiger partial charge in [0.25, 0.3) is 0 Å². The maximum absolute atomic E-state index is 12.4. The zero-order valence-electron chi connectivity index (χ0n) is 12.5. The molecule has 0 radical (unpaired) electrons. The number of nitrogens with one attached hydrogen (secondary N) is 1. The van der Waals surface area contributed by atoms with Crippen molar-refractivity contribution in [3.8, 4) is 0 Å². The van der Waals surface area contributed by atoms with Crippen LogP contribution in [0.2, 0.25) is 0 Å². The van der Waals surface area contributed by atoms with Crippen LogP contribution in [0.1, 0.15) is 52.4 Å². The van der Waals surface area contributed by atoms with Crippen molar-refractivity contribution < 1.29 is 13.2 Å². The molecule has 0 spiro atoms. The molecule has 0 bridgehead atoms. The minimum Gasteiger partial charge on any atom is -0.324 e. The van der Waals surface area contributed by atoms with Crippen LogP contribution < -0.4 is 5.32 Å². The molecule has 2 aliphatic rings. The Hall–Kier alpha value is -0.620. The molecule has 3 unspecified atom stereocenters. The van der Waals surface area contributed by atoms with E-state index in [9.17, 15) is 13.2 Å². The van der Waals surface area contributed by atoms with Gasteiger partial charge in [0.05, 0.1) is 23.2 Å². The Morgan fingerprint density at radius 1 is 1.25 bits per heavy atom. The van der Waals surface area contributed by atoms with Crippen LogP contribution in [0.15, 0.2) is 0 Å². The van der Waals surface area contributed by atoms with Crippen LogP contribution in [0.4, 0.5) is 0 Å². The van der Waals surface area contributed by atoms with Gasteiger partial charge >= 0.3 is 0 Å². The lowest BCUT2D eigenvalue weighted by Crippen LogP contribution is -2.43. The number of amides is 1. The van der Waals surface area contributed by atoms with Gasteiger partial charge in [0.1, 0.15) is 0 Å². The Balaban J connectivity index is 2.08. The molecule has 0 aromatic rings. The summed E-state index contributed by atoms with van der Waals surface area (Å²) in [6, 6.07) is -0.124. The molecule has 0 aliphatic carbocycles. The van der Waals surface area contributed by atoms with Crippen molar-refractivity contribution in [3.63, 3.8) is 0 Å². The highest BCUT2D eigenvalue weighted by Gasteiger charge is 2.41. The van der Waals surface area contributed by atoms with Gasteiger partial charge < -0.3 is 4.90 Å². The first kappa shape index (κ1) is 15.8. The summed E-state index contributed by atoms with van der Waals surface area (Å²) >= 11 is 0. The average molecular weight is 302 g/mol. The summed E-state index contributed by atoms with van der Waals surface area (Å²) in [4.78, 5) is 14.2. The van der Waals surface area contributed by atoms with E-state index in [4.69, 9.17) is 0 Å². The maximum atomic E-state index is 12.4. The molecule has 20 heavy (non-hydrogen) atoms. The summed E-state index contributed by atoms with van der Waals surface area (Å²) < 4.78 is 23.9. The summed E-state index contributed by atoms with van der Waals surface area (Å²) in [7, 11) is -2.99. The molecule has 2 fully saturated rings. The van der Waals surface area contributed by atoms with Crippen LogP contribution >= 0.6 is 0 Å². The van der Waals surface area contributed by atoms with E-state index in [-0.39, 0.29) is 29.1 Å². The first-order valence-corrected chi connectivity index (χ1v) is 9.49. The summed E-state index contributed by atoms with van der Waals surface area (Å²) in [5, 5.41) is 3.02. The number of rotatable bonds is 6. The van der Waals surface area contributed by atoms with Crippen LogP contribution in [0.5, 0.6) is 0 Å². The van der Waals surface area contributed by atoms with Gasteiger partial charge in [0.2, 0.25) is 5.91 Å². The van der Waals surface area contributed by atoms with Gasteiger partial charge in [-0.05, 0) is 25.7 Å². The number of sulfone groups is 1. The summed E-state index contributed by atoms with van der Waals surface area (Å²) in [6.45, 7) is 4.52. The lowest BCUT2D eigenvalue weighted by atomic mass is 10.1.